The number of amides is 1. The number of thiophene rings is 1. The molecule has 1 aromatic heterocycles. The third kappa shape index (κ3) is 3.92. The Morgan fingerprint density at radius 3 is 2.71 bits per heavy atom. The maximum atomic E-state index is 11.7. The fraction of sp³-hybridized carbons (Fsp3) is 0.250. The Balaban J connectivity index is 2.12. The molecule has 2 aromatic rings. The Kier molecular flexibility index (Phi) is 4.43. The largest absolute Gasteiger partial charge is 0.507 e. The van der Waals surface area contributed by atoms with Crippen LogP contribution in [-0.4, -0.2) is 17.2 Å². The topological polar surface area (TPSA) is 61.7 Å². The molecule has 5 heteroatoms. The molecule has 0 fully saturated rings. The van der Waals surface area contributed by atoms with Crippen molar-refractivity contribution in [1.82, 2.24) is 5.43 Å². The lowest BCUT2D eigenvalue weighted by molar-refractivity contribution is 0.0959. The molecule has 0 radical (unpaired) electrons. The Bertz CT molecular complexity index is 655. The molecule has 1 amide bonds. The first-order valence-electron chi connectivity index (χ1n) is 6.58. The highest BCUT2D eigenvalue weighted by Crippen LogP contribution is 2.26. The summed E-state index contributed by atoms with van der Waals surface area (Å²) in [6.45, 7) is 6.29. The molecule has 110 valence electrons. The second-order valence-corrected chi connectivity index (χ2v) is 6.65. The third-order valence-electron chi connectivity index (χ3n) is 3.01. The van der Waals surface area contributed by atoms with E-state index in [1.54, 1.807) is 12.1 Å². The first kappa shape index (κ1) is 15.3. The second-order valence-electron chi connectivity index (χ2n) is 5.70. The first-order chi connectivity index (χ1) is 9.88. The lowest BCUT2D eigenvalue weighted by atomic mass is 9.86. The van der Waals surface area contributed by atoms with E-state index in [2.05, 4.69) is 31.3 Å². The van der Waals surface area contributed by atoms with Crippen LogP contribution in [0.1, 0.15) is 41.6 Å². The number of rotatable bonds is 3. The average Bonchev–Trinajstić information content (AvgIpc) is 2.93. The first-order valence-corrected chi connectivity index (χ1v) is 7.46. The molecule has 0 aliphatic heterocycles. The van der Waals surface area contributed by atoms with Crippen molar-refractivity contribution in [2.45, 2.75) is 26.2 Å². The number of nitrogens with one attached hydrogen (secondary N) is 1. The number of hydrogen-bond acceptors (Lipinski definition) is 4. The molecule has 0 bridgehead atoms. The summed E-state index contributed by atoms with van der Waals surface area (Å²) in [6, 6.07) is 8.94. The Morgan fingerprint density at radius 1 is 1.33 bits per heavy atom. The summed E-state index contributed by atoms with van der Waals surface area (Å²) in [5, 5.41) is 15.6. The van der Waals surface area contributed by atoms with Gasteiger partial charge in [0.05, 0.1) is 11.1 Å². The smallest absolute Gasteiger partial charge is 0.281 e. The molecule has 1 aromatic carbocycles. The lowest BCUT2D eigenvalue weighted by Crippen LogP contribution is -2.16. The Morgan fingerprint density at radius 2 is 2.10 bits per heavy atom. The van der Waals surface area contributed by atoms with Crippen LogP contribution >= 0.6 is 11.3 Å². The SMILES string of the molecule is CC(C)(C)c1ccc(O)c(/C=N/NC(=O)c2cccs2)c1. The van der Waals surface area contributed by atoms with Gasteiger partial charge in [-0.2, -0.15) is 5.10 Å². The minimum atomic E-state index is -0.257. The summed E-state index contributed by atoms with van der Waals surface area (Å²) in [7, 11) is 0. The average molecular weight is 302 g/mol. The van der Waals surface area contributed by atoms with Gasteiger partial charge in [0.15, 0.2) is 0 Å². The predicted molar refractivity (Wildman–Crippen MR) is 86.2 cm³/mol. The summed E-state index contributed by atoms with van der Waals surface area (Å²) in [6.07, 6.45) is 1.45. The molecule has 2 N–H and O–H groups in total. The molecule has 0 aliphatic rings. The number of aromatic hydroxyl groups is 1. The molecule has 0 spiro atoms. The van der Waals surface area contributed by atoms with Crippen molar-refractivity contribution in [3.63, 3.8) is 0 Å². The van der Waals surface area contributed by atoms with Gasteiger partial charge in [0.2, 0.25) is 0 Å². The standard InChI is InChI=1S/C16H18N2O2S/c1-16(2,3)12-6-7-13(19)11(9-12)10-17-18-15(20)14-5-4-8-21-14/h4-10,19H,1-3H3,(H,18,20)/b17-10+. The summed E-state index contributed by atoms with van der Waals surface area (Å²) < 4.78 is 0. The normalized spacial score (nSPS) is 11.8. The van der Waals surface area contributed by atoms with E-state index < -0.39 is 0 Å². The van der Waals surface area contributed by atoms with E-state index in [-0.39, 0.29) is 17.1 Å². The summed E-state index contributed by atoms with van der Waals surface area (Å²) in [4.78, 5) is 12.3. The zero-order valence-electron chi connectivity index (χ0n) is 12.3. The fourth-order valence-corrected chi connectivity index (χ4v) is 2.36. The minimum Gasteiger partial charge on any atom is -0.507 e. The number of hydrogen-bond donors (Lipinski definition) is 2. The molecule has 0 saturated heterocycles. The highest BCUT2D eigenvalue weighted by atomic mass is 32.1. The van der Waals surface area contributed by atoms with Crippen LogP contribution < -0.4 is 5.43 Å². The fourth-order valence-electron chi connectivity index (χ4n) is 1.75. The van der Waals surface area contributed by atoms with Crippen molar-refractivity contribution in [2.24, 2.45) is 5.10 Å². The van der Waals surface area contributed by atoms with E-state index in [4.69, 9.17) is 0 Å². The number of phenols is 1. The van der Waals surface area contributed by atoms with E-state index in [1.165, 1.54) is 17.6 Å². The van der Waals surface area contributed by atoms with Crippen LogP contribution in [0.4, 0.5) is 0 Å². The van der Waals surface area contributed by atoms with Crippen molar-refractivity contribution in [3.8, 4) is 5.75 Å². The van der Waals surface area contributed by atoms with Gasteiger partial charge in [-0.25, -0.2) is 5.43 Å². The third-order valence-corrected chi connectivity index (χ3v) is 3.88. The van der Waals surface area contributed by atoms with Crippen molar-refractivity contribution >= 4 is 23.5 Å². The van der Waals surface area contributed by atoms with Crippen molar-refractivity contribution in [2.75, 3.05) is 0 Å². The maximum absolute atomic E-state index is 11.7. The van der Waals surface area contributed by atoms with Crippen LogP contribution in [0, 0.1) is 0 Å². The summed E-state index contributed by atoms with van der Waals surface area (Å²) in [5.74, 6) is -0.121. The molecule has 4 nitrogen and oxygen atoms in total. The lowest BCUT2D eigenvalue weighted by Gasteiger charge is -2.19. The molecule has 0 atom stereocenters. The van der Waals surface area contributed by atoms with Crippen molar-refractivity contribution < 1.29 is 9.90 Å². The zero-order chi connectivity index (χ0) is 15.5. The van der Waals surface area contributed by atoms with Gasteiger partial charge in [0.1, 0.15) is 5.75 Å². The van der Waals surface area contributed by atoms with Gasteiger partial charge in [-0.1, -0.05) is 32.9 Å². The van der Waals surface area contributed by atoms with Crippen LogP contribution in [0.3, 0.4) is 0 Å². The van der Waals surface area contributed by atoms with Gasteiger partial charge < -0.3 is 5.11 Å². The van der Waals surface area contributed by atoms with Gasteiger partial charge in [-0.3, -0.25) is 4.79 Å². The summed E-state index contributed by atoms with van der Waals surface area (Å²) in [5.41, 5.74) is 4.10. The highest BCUT2D eigenvalue weighted by molar-refractivity contribution is 7.12. The van der Waals surface area contributed by atoms with Crippen LogP contribution in [0.2, 0.25) is 0 Å². The van der Waals surface area contributed by atoms with Crippen molar-refractivity contribution in [3.05, 3.63) is 51.7 Å². The number of hydrazone groups is 1. The van der Waals surface area contributed by atoms with Gasteiger partial charge in [0.25, 0.3) is 5.91 Å². The molecule has 21 heavy (non-hydrogen) atoms. The maximum Gasteiger partial charge on any atom is 0.281 e. The number of nitrogens with zero attached hydrogens (tertiary/aromatic N) is 1. The molecule has 1 heterocycles. The van der Waals surface area contributed by atoms with E-state index in [9.17, 15) is 9.90 Å². The predicted octanol–water partition coefficient (Wildman–Crippen LogP) is 3.52. The molecule has 2 rings (SSSR count). The number of benzene rings is 1. The Labute approximate surface area is 128 Å². The monoisotopic (exact) mass is 302 g/mol. The molecular weight excluding hydrogens is 284 g/mol. The number of carbonyl (C=O) groups excluding carboxylic acids is 1. The van der Waals surface area contributed by atoms with E-state index in [0.717, 1.165) is 5.56 Å². The molecular formula is C16H18N2O2S. The number of phenolic OH excluding ortho intramolecular Hbond substituents is 1. The Hall–Kier alpha value is -2.14. The zero-order valence-corrected chi connectivity index (χ0v) is 13.1. The minimum absolute atomic E-state index is 0.0174. The molecule has 0 saturated carbocycles. The van der Waals surface area contributed by atoms with Crippen molar-refractivity contribution in [1.29, 1.82) is 0 Å². The number of carbonyl (C=O) groups is 1. The summed E-state index contributed by atoms with van der Waals surface area (Å²) >= 11 is 1.35. The van der Waals surface area contributed by atoms with Gasteiger partial charge in [-0.05, 0) is 34.6 Å². The van der Waals surface area contributed by atoms with Crippen LogP contribution in [0.15, 0.2) is 40.8 Å². The quantitative estimate of drug-likeness (QED) is 0.673. The molecule has 0 unspecified atom stereocenters. The van der Waals surface area contributed by atoms with E-state index in [0.29, 0.717) is 10.4 Å². The van der Waals surface area contributed by atoms with Crippen LogP contribution in [0.5, 0.6) is 5.75 Å². The van der Waals surface area contributed by atoms with Gasteiger partial charge in [-0.15, -0.1) is 11.3 Å². The van der Waals surface area contributed by atoms with Crippen LogP contribution in [-0.2, 0) is 5.41 Å². The highest BCUT2D eigenvalue weighted by Gasteiger charge is 2.14. The molecule has 0 aliphatic carbocycles. The second kappa shape index (κ2) is 6.10. The van der Waals surface area contributed by atoms with Gasteiger partial charge in [0, 0.05) is 5.56 Å². The van der Waals surface area contributed by atoms with Gasteiger partial charge >= 0.3 is 0 Å². The van der Waals surface area contributed by atoms with Crippen LogP contribution in [0.25, 0.3) is 0 Å². The van der Waals surface area contributed by atoms with E-state index >= 15 is 0 Å². The van der Waals surface area contributed by atoms with E-state index in [1.807, 2.05) is 23.6 Å².